The quantitative estimate of drug-likeness (QED) is 0.586. The van der Waals surface area contributed by atoms with E-state index in [1.807, 2.05) is 61.5 Å². The first-order chi connectivity index (χ1) is 13.5. The zero-order valence-electron chi connectivity index (χ0n) is 17.0. The number of carbonyl (C=O) groups excluding carboxylic acids is 1. The first-order valence-corrected chi connectivity index (χ1v) is 9.73. The number of fused-ring (bicyclic) bond motifs is 1. The van der Waals surface area contributed by atoms with E-state index < -0.39 is 0 Å². The maximum absolute atomic E-state index is 12.6. The van der Waals surface area contributed by atoms with Crippen LogP contribution in [0.1, 0.15) is 31.9 Å². The van der Waals surface area contributed by atoms with Crippen LogP contribution in [0.3, 0.4) is 0 Å². The molecule has 0 fully saturated rings. The molecule has 1 aromatic heterocycles. The summed E-state index contributed by atoms with van der Waals surface area (Å²) in [5, 5.41) is 4.05. The monoisotopic (exact) mass is 373 g/mol. The Labute approximate surface area is 166 Å². The van der Waals surface area contributed by atoms with Gasteiger partial charge in [-0.2, -0.15) is 0 Å². The van der Waals surface area contributed by atoms with Crippen LogP contribution in [0.2, 0.25) is 0 Å². The minimum atomic E-state index is -0.103. The summed E-state index contributed by atoms with van der Waals surface area (Å²) in [6.07, 6.45) is 1.89. The van der Waals surface area contributed by atoms with Crippen molar-refractivity contribution in [3.05, 3.63) is 71.3 Å². The van der Waals surface area contributed by atoms with Crippen molar-refractivity contribution in [2.75, 3.05) is 23.3 Å². The lowest BCUT2D eigenvalue weighted by Crippen LogP contribution is -2.23. The highest BCUT2D eigenvalue weighted by atomic mass is 16.1. The second-order valence-corrected chi connectivity index (χ2v) is 6.89. The molecule has 2 aromatic carbocycles. The number of carbonyl (C=O) groups is 1. The number of nitrogens with one attached hydrogen (secondary N) is 1. The highest BCUT2D eigenvalue weighted by Crippen LogP contribution is 2.25. The van der Waals surface area contributed by atoms with Gasteiger partial charge in [-0.3, -0.25) is 4.79 Å². The van der Waals surface area contributed by atoms with E-state index in [9.17, 15) is 4.79 Å². The third-order valence-corrected chi connectivity index (χ3v) is 4.89. The Morgan fingerprint density at radius 3 is 2.46 bits per heavy atom. The van der Waals surface area contributed by atoms with Crippen LogP contribution in [0.25, 0.3) is 17.0 Å². The number of aryl methyl sites for hydroxylation is 1. The number of anilines is 2. The van der Waals surface area contributed by atoms with Gasteiger partial charge in [0.05, 0.1) is 5.52 Å². The lowest BCUT2D eigenvalue weighted by Gasteiger charge is -2.21. The van der Waals surface area contributed by atoms with Gasteiger partial charge in [0.1, 0.15) is 5.82 Å². The molecule has 0 bridgehead atoms. The number of rotatable bonds is 6. The molecule has 4 heteroatoms. The molecule has 0 aliphatic rings. The van der Waals surface area contributed by atoms with Gasteiger partial charge in [0, 0.05) is 29.7 Å². The minimum absolute atomic E-state index is 0.103. The van der Waals surface area contributed by atoms with Crippen LogP contribution in [0.15, 0.2) is 60.2 Å². The van der Waals surface area contributed by atoms with Crippen molar-refractivity contribution in [3.8, 4) is 0 Å². The zero-order chi connectivity index (χ0) is 20.1. The Balaban J connectivity index is 1.84. The van der Waals surface area contributed by atoms with E-state index in [-0.39, 0.29) is 5.91 Å². The van der Waals surface area contributed by atoms with Crippen LogP contribution in [-0.2, 0) is 4.79 Å². The molecule has 3 aromatic rings. The van der Waals surface area contributed by atoms with Crippen molar-refractivity contribution in [3.63, 3.8) is 0 Å². The predicted molar refractivity (Wildman–Crippen MR) is 119 cm³/mol. The average Bonchev–Trinajstić information content (AvgIpc) is 2.70. The number of amides is 1. The molecule has 1 heterocycles. The average molecular weight is 374 g/mol. The fourth-order valence-corrected chi connectivity index (χ4v) is 3.26. The molecule has 1 N–H and O–H groups in total. The lowest BCUT2D eigenvalue weighted by atomic mass is 10.1. The summed E-state index contributed by atoms with van der Waals surface area (Å²) < 4.78 is 0. The second-order valence-electron chi connectivity index (χ2n) is 6.89. The molecule has 144 valence electrons. The van der Waals surface area contributed by atoms with Gasteiger partial charge in [-0.1, -0.05) is 30.3 Å². The molecule has 1 amide bonds. The van der Waals surface area contributed by atoms with E-state index in [2.05, 4.69) is 37.1 Å². The molecule has 28 heavy (non-hydrogen) atoms. The first kappa shape index (κ1) is 19.6. The molecule has 0 aliphatic heterocycles. The Hall–Kier alpha value is -3.14. The summed E-state index contributed by atoms with van der Waals surface area (Å²) in [6.45, 7) is 10.0. The van der Waals surface area contributed by atoms with Gasteiger partial charge in [0.2, 0.25) is 0 Å². The number of nitrogens with zero attached hydrogens (tertiary/aromatic N) is 2. The standard InChI is InChI=1S/C24H27N3O/c1-5-27(6-2)23-15-17(3)21-16-20(12-13-22(21)26-23)25-24(28)18(4)14-19-10-8-7-9-11-19/h7-16H,5-6H2,1-4H3,(H,25,28)/b18-14-. The van der Waals surface area contributed by atoms with E-state index in [1.54, 1.807) is 0 Å². The minimum Gasteiger partial charge on any atom is -0.357 e. The van der Waals surface area contributed by atoms with Gasteiger partial charge in [0.25, 0.3) is 5.91 Å². The number of hydrogen-bond acceptors (Lipinski definition) is 3. The normalized spacial score (nSPS) is 11.5. The van der Waals surface area contributed by atoms with Crippen LogP contribution in [0, 0.1) is 6.92 Å². The van der Waals surface area contributed by atoms with Gasteiger partial charge in [-0.15, -0.1) is 0 Å². The van der Waals surface area contributed by atoms with Gasteiger partial charge in [-0.05, 0) is 69.2 Å². The summed E-state index contributed by atoms with van der Waals surface area (Å²) in [4.78, 5) is 19.6. The summed E-state index contributed by atoms with van der Waals surface area (Å²) in [7, 11) is 0. The van der Waals surface area contributed by atoms with E-state index in [0.717, 1.165) is 46.6 Å². The van der Waals surface area contributed by atoms with E-state index in [0.29, 0.717) is 5.57 Å². The molecule has 4 nitrogen and oxygen atoms in total. The number of benzene rings is 2. The summed E-state index contributed by atoms with van der Waals surface area (Å²) >= 11 is 0. The van der Waals surface area contributed by atoms with Crippen LogP contribution in [-0.4, -0.2) is 24.0 Å². The Kier molecular flexibility index (Phi) is 6.09. The van der Waals surface area contributed by atoms with E-state index >= 15 is 0 Å². The van der Waals surface area contributed by atoms with Crippen molar-refractivity contribution >= 4 is 34.4 Å². The molecule has 0 spiro atoms. The molecule has 3 rings (SSSR count). The van der Waals surface area contributed by atoms with Crippen molar-refractivity contribution in [2.24, 2.45) is 0 Å². The fraction of sp³-hybridized carbons (Fsp3) is 0.250. The topological polar surface area (TPSA) is 45.2 Å². The molecule has 0 saturated carbocycles. The van der Waals surface area contributed by atoms with Crippen LogP contribution < -0.4 is 10.2 Å². The highest BCUT2D eigenvalue weighted by Gasteiger charge is 2.10. The van der Waals surface area contributed by atoms with Crippen molar-refractivity contribution in [1.82, 2.24) is 4.98 Å². The summed E-state index contributed by atoms with van der Waals surface area (Å²) in [5.41, 5.74) is 4.55. The van der Waals surface area contributed by atoms with Gasteiger partial charge in [-0.25, -0.2) is 4.98 Å². The fourth-order valence-electron chi connectivity index (χ4n) is 3.26. The number of hydrogen-bond donors (Lipinski definition) is 1. The van der Waals surface area contributed by atoms with Crippen molar-refractivity contribution in [1.29, 1.82) is 0 Å². The highest BCUT2D eigenvalue weighted by molar-refractivity contribution is 6.07. The molecule has 0 saturated heterocycles. The Morgan fingerprint density at radius 2 is 1.79 bits per heavy atom. The van der Waals surface area contributed by atoms with Crippen molar-refractivity contribution < 1.29 is 4.79 Å². The summed E-state index contributed by atoms with van der Waals surface area (Å²) in [5.74, 6) is 0.891. The van der Waals surface area contributed by atoms with Gasteiger partial charge in [0.15, 0.2) is 0 Å². The van der Waals surface area contributed by atoms with Crippen LogP contribution in [0.4, 0.5) is 11.5 Å². The van der Waals surface area contributed by atoms with Crippen LogP contribution in [0.5, 0.6) is 0 Å². The van der Waals surface area contributed by atoms with E-state index in [4.69, 9.17) is 4.98 Å². The van der Waals surface area contributed by atoms with E-state index in [1.165, 1.54) is 0 Å². The first-order valence-electron chi connectivity index (χ1n) is 9.73. The molecule has 0 radical (unpaired) electrons. The Morgan fingerprint density at radius 1 is 1.07 bits per heavy atom. The third kappa shape index (κ3) is 4.39. The molecule has 0 aliphatic carbocycles. The van der Waals surface area contributed by atoms with Gasteiger partial charge >= 0.3 is 0 Å². The second kappa shape index (κ2) is 8.70. The van der Waals surface area contributed by atoms with Crippen molar-refractivity contribution in [2.45, 2.75) is 27.7 Å². The summed E-state index contributed by atoms with van der Waals surface area (Å²) in [6, 6.07) is 17.8. The predicted octanol–water partition coefficient (Wildman–Crippen LogP) is 5.43. The largest absolute Gasteiger partial charge is 0.357 e. The molecule has 0 atom stereocenters. The zero-order valence-corrected chi connectivity index (χ0v) is 17.0. The molecule has 0 unspecified atom stereocenters. The Bertz CT molecular complexity index is 1010. The molecular formula is C24H27N3O. The maximum atomic E-state index is 12.6. The maximum Gasteiger partial charge on any atom is 0.251 e. The van der Waals surface area contributed by atoms with Crippen LogP contribution >= 0.6 is 0 Å². The number of pyridine rings is 1. The lowest BCUT2D eigenvalue weighted by molar-refractivity contribution is -0.112. The van der Waals surface area contributed by atoms with Gasteiger partial charge < -0.3 is 10.2 Å². The number of aromatic nitrogens is 1. The molecular weight excluding hydrogens is 346 g/mol. The smallest absolute Gasteiger partial charge is 0.251 e. The SMILES string of the molecule is CCN(CC)c1cc(C)c2cc(NC(=O)/C(C)=C\c3ccccc3)ccc2n1. The third-order valence-electron chi connectivity index (χ3n) is 4.89.